The standard InChI is InChI=1S/C12H18ClNO2/c1-9(2)14(5-6-15)12-4-3-10(8-16)7-11(12)13/h3-4,7,9,15-16H,5-6,8H2,1-2H3. The van der Waals surface area contributed by atoms with Crippen molar-refractivity contribution in [3.8, 4) is 0 Å². The maximum Gasteiger partial charge on any atom is 0.0682 e. The highest BCUT2D eigenvalue weighted by Crippen LogP contribution is 2.28. The third-order valence-electron chi connectivity index (χ3n) is 2.47. The minimum absolute atomic E-state index is 0.0122. The van der Waals surface area contributed by atoms with Gasteiger partial charge in [0.05, 0.1) is 23.9 Å². The van der Waals surface area contributed by atoms with Gasteiger partial charge >= 0.3 is 0 Å². The van der Waals surface area contributed by atoms with E-state index in [-0.39, 0.29) is 19.3 Å². The van der Waals surface area contributed by atoms with E-state index in [0.29, 0.717) is 11.6 Å². The van der Waals surface area contributed by atoms with Crippen molar-refractivity contribution in [2.24, 2.45) is 0 Å². The van der Waals surface area contributed by atoms with E-state index in [1.54, 1.807) is 6.07 Å². The fraction of sp³-hybridized carbons (Fsp3) is 0.500. The Kier molecular flexibility index (Phi) is 5.06. The van der Waals surface area contributed by atoms with Crippen LogP contribution in [0.1, 0.15) is 19.4 Å². The van der Waals surface area contributed by atoms with Gasteiger partial charge in [-0.15, -0.1) is 0 Å². The molecular formula is C12H18ClNO2. The molecule has 3 nitrogen and oxygen atoms in total. The maximum atomic E-state index is 9.01. The molecule has 2 N–H and O–H groups in total. The Morgan fingerprint density at radius 2 is 2.00 bits per heavy atom. The molecule has 0 heterocycles. The second-order valence-corrected chi connectivity index (χ2v) is 4.36. The summed E-state index contributed by atoms with van der Waals surface area (Å²) in [4.78, 5) is 2.03. The van der Waals surface area contributed by atoms with Gasteiger partial charge in [0.25, 0.3) is 0 Å². The lowest BCUT2D eigenvalue weighted by Crippen LogP contribution is -2.33. The molecule has 0 aromatic heterocycles. The molecule has 0 atom stereocenters. The molecule has 0 bridgehead atoms. The summed E-state index contributed by atoms with van der Waals surface area (Å²) in [6, 6.07) is 5.74. The Balaban J connectivity index is 3.00. The molecule has 0 aliphatic heterocycles. The number of halogens is 1. The van der Waals surface area contributed by atoms with Crippen molar-refractivity contribution in [3.63, 3.8) is 0 Å². The van der Waals surface area contributed by atoms with Gasteiger partial charge < -0.3 is 15.1 Å². The van der Waals surface area contributed by atoms with E-state index in [1.165, 1.54) is 0 Å². The van der Waals surface area contributed by atoms with E-state index < -0.39 is 0 Å². The average Bonchev–Trinajstić information content (AvgIpc) is 2.26. The third-order valence-corrected chi connectivity index (χ3v) is 2.77. The lowest BCUT2D eigenvalue weighted by atomic mass is 10.2. The summed E-state index contributed by atoms with van der Waals surface area (Å²) < 4.78 is 0. The fourth-order valence-electron chi connectivity index (χ4n) is 1.65. The Labute approximate surface area is 101 Å². The Bertz CT molecular complexity index is 342. The molecule has 90 valence electrons. The minimum atomic E-state index is -0.0122. The fourth-order valence-corrected chi connectivity index (χ4v) is 1.96. The second kappa shape index (κ2) is 6.09. The minimum Gasteiger partial charge on any atom is -0.395 e. The zero-order chi connectivity index (χ0) is 12.1. The number of benzene rings is 1. The molecule has 0 unspecified atom stereocenters. The van der Waals surface area contributed by atoms with E-state index in [9.17, 15) is 0 Å². The van der Waals surface area contributed by atoms with Crippen molar-refractivity contribution in [2.45, 2.75) is 26.5 Å². The zero-order valence-electron chi connectivity index (χ0n) is 9.65. The number of aliphatic hydroxyl groups excluding tert-OH is 2. The highest BCUT2D eigenvalue weighted by molar-refractivity contribution is 6.33. The van der Waals surface area contributed by atoms with Gasteiger partial charge in [-0.25, -0.2) is 0 Å². The molecule has 4 heteroatoms. The van der Waals surface area contributed by atoms with Crippen molar-refractivity contribution in [3.05, 3.63) is 28.8 Å². The van der Waals surface area contributed by atoms with Crippen LogP contribution in [0.3, 0.4) is 0 Å². The van der Waals surface area contributed by atoms with E-state index in [4.69, 9.17) is 21.8 Å². The Morgan fingerprint density at radius 3 is 2.44 bits per heavy atom. The lowest BCUT2D eigenvalue weighted by Gasteiger charge is -2.29. The SMILES string of the molecule is CC(C)N(CCO)c1ccc(CO)cc1Cl. The van der Waals surface area contributed by atoms with E-state index >= 15 is 0 Å². The summed E-state index contributed by atoms with van der Waals surface area (Å²) >= 11 is 6.15. The second-order valence-electron chi connectivity index (χ2n) is 3.95. The van der Waals surface area contributed by atoms with E-state index in [0.717, 1.165) is 11.3 Å². The summed E-state index contributed by atoms with van der Waals surface area (Å²) in [5.41, 5.74) is 1.68. The maximum absolute atomic E-state index is 9.01. The monoisotopic (exact) mass is 243 g/mol. The Morgan fingerprint density at radius 1 is 1.31 bits per heavy atom. The van der Waals surface area contributed by atoms with Gasteiger partial charge in [-0.1, -0.05) is 17.7 Å². The van der Waals surface area contributed by atoms with Crippen molar-refractivity contribution >= 4 is 17.3 Å². The highest BCUT2D eigenvalue weighted by Gasteiger charge is 2.13. The molecule has 0 fully saturated rings. The van der Waals surface area contributed by atoms with Crippen LogP contribution in [0.4, 0.5) is 5.69 Å². The first-order valence-electron chi connectivity index (χ1n) is 5.37. The van der Waals surface area contributed by atoms with Crippen LogP contribution in [0.15, 0.2) is 18.2 Å². The molecule has 0 saturated heterocycles. The first kappa shape index (κ1) is 13.3. The predicted molar refractivity (Wildman–Crippen MR) is 66.9 cm³/mol. The first-order chi connectivity index (χ1) is 7.60. The molecule has 0 aliphatic carbocycles. The molecule has 0 spiro atoms. The number of aliphatic hydroxyl groups is 2. The molecule has 0 saturated carbocycles. The Hall–Kier alpha value is -0.770. The average molecular weight is 244 g/mol. The largest absolute Gasteiger partial charge is 0.395 e. The smallest absolute Gasteiger partial charge is 0.0682 e. The van der Waals surface area contributed by atoms with Crippen molar-refractivity contribution in [1.82, 2.24) is 0 Å². The molecular weight excluding hydrogens is 226 g/mol. The predicted octanol–water partition coefficient (Wildman–Crippen LogP) is 2.04. The van der Waals surface area contributed by atoms with Gasteiger partial charge in [-0.2, -0.15) is 0 Å². The van der Waals surface area contributed by atoms with Crippen LogP contribution >= 0.6 is 11.6 Å². The topological polar surface area (TPSA) is 43.7 Å². The van der Waals surface area contributed by atoms with Gasteiger partial charge in [0.1, 0.15) is 0 Å². The van der Waals surface area contributed by atoms with Crippen molar-refractivity contribution in [1.29, 1.82) is 0 Å². The summed E-state index contributed by atoms with van der Waals surface area (Å²) in [6.45, 7) is 4.73. The summed E-state index contributed by atoms with van der Waals surface area (Å²) in [6.07, 6.45) is 0. The molecule has 1 aromatic rings. The van der Waals surface area contributed by atoms with Crippen molar-refractivity contribution in [2.75, 3.05) is 18.1 Å². The summed E-state index contributed by atoms with van der Waals surface area (Å²) in [7, 11) is 0. The first-order valence-corrected chi connectivity index (χ1v) is 5.74. The quantitative estimate of drug-likeness (QED) is 0.832. The third kappa shape index (κ3) is 3.11. The normalized spacial score (nSPS) is 10.9. The molecule has 0 radical (unpaired) electrons. The number of rotatable bonds is 5. The number of hydrogen-bond acceptors (Lipinski definition) is 3. The van der Waals surface area contributed by atoms with Crippen molar-refractivity contribution < 1.29 is 10.2 Å². The van der Waals surface area contributed by atoms with E-state index in [1.807, 2.05) is 30.9 Å². The van der Waals surface area contributed by atoms with E-state index in [2.05, 4.69) is 0 Å². The van der Waals surface area contributed by atoms with Gasteiger partial charge in [0, 0.05) is 12.6 Å². The van der Waals surface area contributed by atoms with Gasteiger partial charge in [0.2, 0.25) is 0 Å². The van der Waals surface area contributed by atoms with Gasteiger partial charge in [-0.3, -0.25) is 0 Å². The van der Waals surface area contributed by atoms with Crippen LogP contribution in [0.2, 0.25) is 5.02 Å². The summed E-state index contributed by atoms with van der Waals surface area (Å²) in [5.74, 6) is 0. The molecule has 16 heavy (non-hydrogen) atoms. The van der Waals surface area contributed by atoms with Crippen LogP contribution in [0, 0.1) is 0 Å². The number of anilines is 1. The van der Waals surface area contributed by atoms with Crippen LogP contribution in [0.25, 0.3) is 0 Å². The lowest BCUT2D eigenvalue weighted by molar-refractivity contribution is 0.282. The van der Waals surface area contributed by atoms with Gasteiger partial charge in [-0.05, 0) is 31.5 Å². The van der Waals surface area contributed by atoms with Crippen LogP contribution in [-0.4, -0.2) is 29.4 Å². The molecule has 0 amide bonds. The van der Waals surface area contributed by atoms with Gasteiger partial charge in [0.15, 0.2) is 0 Å². The zero-order valence-corrected chi connectivity index (χ0v) is 10.4. The molecule has 1 rings (SSSR count). The molecule has 0 aliphatic rings. The number of hydrogen-bond donors (Lipinski definition) is 2. The summed E-state index contributed by atoms with van der Waals surface area (Å²) in [5, 5.41) is 18.6. The van der Waals surface area contributed by atoms with Crippen LogP contribution in [-0.2, 0) is 6.61 Å². The van der Waals surface area contributed by atoms with Crippen LogP contribution in [0.5, 0.6) is 0 Å². The molecule has 1 aromatic carbocycles. The van der Waals surface area contributed by atoms with Crippen LogP contribution < -0.4 is 4.90 Å². The number of nitrogens with zero attached hydrogens (tertiary/aromatic N) is 1. The highest BCUT2D eigenvalue weighted by atomic mass is 35.5.